The fourth-order valence-electron chi connectivity index (χ4n) is 2.26. The standard InChI is InChI=1S/C15H21N3O/c1-6-11-7-8-12(19-11)14-17-10(4)13(9(2)3)15(16-5)18-14/h7-9H,6H2,1-5H3,(H,16,17,18). The zero-order valence-corrected chi connectivity index (χ0v) is 12.2. The number of hydrogen-bond donors (Lipinski definition) is 1. The summed E-state index contributed by atoms with van der Waals surface area (Å²) in [5, 5.41) is 3.16. The van der Waals surface area contributed by atoms with Crippen LogP contribution in [0.1, 0.15) is 43.7 Å². The molecule has 0 aliphatic heterocycles. The molecule has 2 rings (SSSR count). The molecule has 0 bridgehead atoms. The van der Waals surface area contributed by atoms with Gasteiger partial charge in [-0.05, 0) is 25.0 Å². The predicted molar refractivity (Wildman–Crippen MR) is 77.5 cm³/mol. The molecule has 0 saturated carbocycles. The number of aryl methyl sites for hydroxylation is 2. The van der Waals surface area contributed by atoms with E-state index in [0.29, 0.717) is 11.7 Å². The summed E-state index contributed by atoms with van der Waals surface area (Å²) in [5.41, 5.74) is 2.16. The lowest BCUT2D eigenvalue weighted by molar-refractivity contribution is 0.525. The van der Waals surface area contributed by atoms with E-state index < -0.39 is 0 Å². The van der Waals surface area contributed by atoms with Crippen molar-refractivity contribution in [3.8, 4) is 11.6 Å². The Hall–Kier alpha value is -1.84. The van der Waals surface area contributed by atoms with Crippen molar-refractivity contribution in [2.24, 2.45) is 0 Å². The summed E-state index contributed by atoms with van der Waals surface area (Å²) < 4.78 is 5.72. The molecule has 2 aromatic heterocycles. The summed E-state index contributed by atoms with van der Waals surface area (Å²) in [6.45, 7) is 8.38. The molecule has 0 aliphatic rings. The van der Waals surface area contributed by atoms with Gasteiger partial charge in [0.25, 0.3) is 0 Å². The maximum atomic E-state index is 5.72. The van der Waals surface area contributed by atoms with Crippen molar-refractivity contribution in [1.29, 1.82) is 0 Å². The van der Waals surface area contributed by atoms with Crippen LogP contribution in [0.2, 0.25) is 0 Å². The van der Waals surface area contributed by atoms with Crippen LogP contribution in [0.25, 0.3) is 11.6 Å². The summed E-state index contributed by atoms with van der Waals surface area (Å²) in [4.78, 5) is 9.15. The summed E-state index contributed by atoms with van der Waals surface area (Å²) in [6.07, 6.45) is 0.877. The lowest BCUT2D eigenvalue weighted by Crippen LogP contribution is -2.06. The molecule has 4 nitrogen and oxygen atoms in total. The van der Waals surface area contributed by atoms with Crippen LogP contribution in [-0.4, -0.2) is 17.0 Å². The molecule has 2 heterocycles. The van der Waals surface area contributed by atoms with Gasteiger partial charge in [-0.1, -0.05) is 20.8 Å². The van der Waals surface area contributed by atoms with Crippen molar-refractivity contribution >= 4 is 5.82 Å². The van der Waals surface area contributed by atoms with E-state index in [0.717, 1.165) is 35.0 Å². The van der Waals surface area contributed by atoms with Crippen LogP contribution in [0.4, 0.5) is 5.82 Å². The summed E-state index contributed by atoms with van der Waals surface area (Å²) in [6, 6.07) is 3.91. The van der Waals surface area contributed by atoms with Crippen molar-refractivity contribution < 1.29 is 4.42 Å². The Balaban J connectivity index is 2.51. The molecule has 0 unspecified atom stereocenters. The number of nitrogens with zero attached hydrogens (tertiary/aromatic N) is 2. The average molecular weight is 259 g/mol. The highest BCUT2D eigenvalue weighted by Gasteiger charge is 2.16. The highest BCUT2D eigenvalue weighted by atomic mass is 16.3. The third-order valence-corrected chi connectivity index (χ3v) is 3.18. The van der Waals surface area contributed by atoms with E-state index in [2.05, 4.69) is 36.1 Å². The van der Waals surface area contributed by atoms with E-state index >= 15 is 0 Å². The van der Waals surface area contributed by atoms with Gasteiger partial charge in [0, 0.05) is 24.7 Å². The topological polar surface area (TPSA) is 51.0 Å². The van der Waals surface area contributed by atoms with Gasteiger partial charge in [-0.2, -0.15) is 0 Å². The zero-order valence-electron chi connectivity index (χ0n) is 12.2. The Labute approximate surface area is 114 Å². The van der Waals surface area contributed by atoms with Gasteiger partial charge in [0.05, 0.1) is 0 Å². The fraction of sp³-hybridized carbons (Fsp3) is 0.467. The minimum Gasteiger partial charge on any atom is -0.458 e. The van der Waals surface area contributed by atoms with Crippen molar-refractivity contribution in [3.05, 3.63) is 29.2 Å². The van der Waals surface area contributed by atoms with Crippen LogP contribution < -0.4 is 5.32 Å². The van der Waals surface area contributed by atoms with Crippen LogP contribution in [0.15, 0.2) is 16.5 Å². The van der Waals surface area contributed by atoms with Crippen molar-refractivity contribution in [3.63, 3.8) is 0 Å². The van der Waals surface area contributed by atoms with Crippen LogP contribution in [0.3, 0.4) is 0 Å². The molecule has 0 amide bonds. The zero-order chi connectivity index (χ0) is 14.0. The highest BCUT2D eigenvalue weighted by Crippen LogP contribution is 2.28. The largest absolute Gasteiger partial charge is 0.458 e. The highest BCUT2D eigenvalue weighted by molar-refractivity contribution is 5.56. The molecule has 0 atom stereocenters. The van der Waals surface area contributed by atoms with E-state index in [1.54, 1.807) is 0 Å². The minimum atomic E-state index is 0.388. The molecular formula is C15H21N3O. The quantitative estimate of drug-likeness (QED) is 0.908. The maximum Gasteiger partial charge on any atom is 0.197 e. The normalized spacial score (nSPS) is 11.1. The molecule has 0 aliphatic carbocycles. The number of nitrogens with one attached hydrogen (secondary N) is 1. The second-order valence-corrected chi connectivity index (χ2v) is 4.92. The van der Waals surface area contributed by atoms with Crippen LogP contribution in [-0.2, 0) is 6.42 Å². The van der Waals surface area contributed by atoms with Crippen LogP contribution in [0.5, 0.6) is 0 Å². The molecule has 0 saturated heterocycles. The smallest absolute Gasteiger partial charge is 0.197 e. The average Bonchev–Trinajstić information content (AvgIpc) is 2.85. The summed E-state index contributed by atoms with van der Waals surface area (Å²) in [7, 11) is 1.89. The SMILES string of the molecule is CCc1ccc(-c2nc(C)c(C(C)C)c(NC)n2)o1. The molecule has 0 aromatic carbocycles. The van der Waals surface area contributed by atoms with Gasteiger partial charge in [0.1, 0.15) is 11.6 Å². The van der Waals surface area contributed by atoms with Gasteiger partial charge in [0.2, 0.25) is 0 Å². The van der Waals surface area contributed by atoms with Gasteiger partial charge in [0.15, 0.2) is 11.6 Å². The Morgan fingerprint density at radius 2 is 2.00 bits per heavy atom. The first-order valence-corrected chi connectivity index (χ1v) is 6.72. The Morgan fingerprint density at radius 3 is 2.53 bits per heavy atom. The van der Waals surface area contributed by atoms with Crippen LogP contribution >= 0.6 is 0 Å². The van der Waals surface area contributed by atoms with Gasteiger partial charge in [-0.3, -0.25) is 0 Å². The Kier molecular flexibility index (Phi) is 3.88. The molecule has 0 radical (unpaired) electrons. The van der Waals surface area contributed by atoms with Crippen LogP contribution in [0, 0.1) is 6.92 Å². The summed E-state index contributed by atoms with van der Waals surface area (Å²) in [5.74, 6) is 3.60. The van der Waals surface area contributed by atoms with Crippen molar-refractivity contribution in [1.82, 2.24) is 9.97 Å². The molecule has 19 heavy (non-hydrogen) atoms. The first-order chi connectivity index (χ1) is 9.06. The van der Waals surface area contributed by atoms with E-state index in [1.165, 1.54) is 0 Å². The third kappa shape index (κ3) is 2.62. The minimum absolute atomic E-state index is 0.388. The first kappa shape index (κ1) is 13.6. The maximum absolute atomic E-state index is 5.72. The van der Waals surface area contributed by atoms with E-state index in [9.17, 15) is 0 Å². The van der Waals surface area contributed by atoms with Gasteiger partial charge < -0.3 is 9.73 Å². The van der Waals surface area contributed by atoms with E-state index in [-0.39, 0.29) is 0 Å². The van der Waals surface area contributed by atoms with Gasteiger partial charge >= 0.3 is 0 Å². The predicted octanol–water partition coefficient (Wildman–Crippen LogP) is 3.77. The number of anilines is 1. The molecule has 0 fully saturated rings. The molecule has 1 N–H and O–H groups in total. The molecule has 2 aromatic rings. The Morgan fingerprint density at radius 1 is 1.26 bits per heavy atom. The second kappa shape index (κ2) is 5.43. The number of furan rings is 1. The summed E-state index contributed by atoms with van der Waals surface area (Å²) >= 11 is 0. The lowest BCUT2D eigenvalue weighted by atomic mass is 10.0. The Bertz CT molecular complexity index is 573. The molecule has 0 spiro atoms. The first-order valence-electron chi connectivity index (χ1n) is 6.72. The third-order valence-electron chi connectivity index (χ3n) is 3.18. The van der Waals surface area contributed by atoms with Crippen molar-refractivity contribution in [2.75, 3.05) is 12.4 Å². The molecular weight excluding hydrogens is 238 g/mol. The number of aromatic nitrogens is 2. The van der Waals surface area contributed by atoms with E-state index in [4.69, 9.17) is 4.42 Å². The van der Waals surface area contributed by atoms with E-state index in [1.807, 2.05) is 26.1 Å². The van der Waals surface area contributed by atoms with Crippen molar-refractivity contribution in [2.45, 2.75) is 40.0 Å². The second-order valence-electron chi connectivity index (χ2n) is 4.92. The number of hydrogen-bond acceptors (Lipinski definition) is 4. The molecule has 4 heteroatoms. The van der Waals surface area contributed by atoms with Gasteiger partial charge in [-0.25, -0.2) is 9.97 Å². The fourth-order valence-corrected chi connectivity index (χ4v) is 2.26. The molecule has 102 valence electrons. The van der Waals surface area contributed by atoms with Gasteiger partial charge in [-0.15, -0.1) is 0 Å². The monoisotopic (exact) mass is 259 g/mol. The number of rotatable bonds is 4. The lowest BCUT2D eigenvalue weighted by Gasteiger charge is -2.14.